The van der Waals surface area contributed by atoms with E-state index in [9.17, 15) is 18.0 Å². The molecule has 0 aromatic heterocycles. The number of hydrogen-bond donors (Lipinski definition) is 2. The van der Waals surface area contributed by atoms with Crippen molar-refractivity contribution in [3.63, 3.8) is 0 Å². The van der Waals surface area contributed by atoms with Crippen molar-refractivity contribution in [2.24, 2.45) is 5.73 Å². The molecule has 2 aromatic rings. The first-order chi connectivity index (χ1) is 9.73. The van der Waals surface area contributed by atoms with Gasteiger partial charge in [-0.1, -0.05) is 42.5 Å². The summed E-state index contributed by atoms with van der Waals surface area (Å²) < 4.78 is 38.0. The number of fused-ring (bicyclic) bond motifs is 1. The Morgan fingerprint density at radius 3 is 2.43 bits per heavy atom. The van der Waals surface area contributed by atoms with Crippen LogP contribution in [0.15, 0.2) is 42.5 Å². The quantitative estimate of drug-likeness (QED) is 0.915. The Bertz CT molecular complexity index is 660. The van der Waals surface area contributed by atoms with Crippen molar-refractivity contribution in [3.05, 3.63) is 48.0 Å². The van der Waals surface area contributed by atoms with E-state index < -0.39 is 17.6 Å². The van der Waals surface area contributed by atoms with Crippen molar-refractivity contribution in [1.82, 2.24) is 5.32 Å². The Morgan fingerprint density at radius 2 is 1.76 bits per heavy atom. The predicted molar refractivity (Wildman–Crippen MR) is 74.4 cm³/mol. The lowest BCUT2D eigenvalue weighted by atomic mass is 10.0. The van der Waals surface area contributed by atoms with Crippen LogP contribution in [-0.4, -0.2) is 17.6 Å². The largest absolute Gasteiger partial charge is 0.415 e. The normalized spacial score (nSPS) is 14.7. The topological polar surface area (TPSA) is 55.1 Å². The van der Waals surface area contributed by atoms with Crippen LogP contribution in [0, 0.1) is 0 Å². The minimum Gasteiger partial charge on any atom is -0.350 e. The minimum atomic E-state index is -4.80. The summed E-state index contributed by atoms with van der Waals surface area (Å²) in [5, 5.41) is 4.09. The third-order valence-corrected chi connectivity index (χ3v) is 3.38. The molecule has 0 heterocycles. The highest BCUT2D eigenvalue weighted by Gasteiger charge is 2.53. The molecule has 1 atom stereocenters. The van der Waals surface area contributed by atoms with Gasteiger partial charge in [0.1, 0.15) is 0 Å². The molecule has 21 heavy (non-hydrogen) atoms. The predicted octanol–water partition coefficient (Wildman–Crippen LogP) is 2.74. The van der Waals surface area contributed by atoms with Gasteiger partial charge in [-0.05, 0) is 23.3 Å². The van der Waals surface area contributed by atoms with Crippen molar-refractivity contribution in [1.29, 1.82) is 0 Å². The van der Waals surface area contributed by atoms with Gasteiger partial charge in [0.05, 0.1) is 0 Å². The zero-order chi connectivity index (χ0) is 15.7. The number of carbonyl (C=O) groups excluding carboxylic acids is 1. The molecule has 0 aliphatic heterocycles. The molecule has 3 N–H and O–H groups in total. The van der Waals surface area contributed by atoms with Crippen molar-refractivity contribution < 1.29 is 18.0 Å². The van der Waals surface area contributed by atoms with Crippen LogP contribution in [0.4, 0.5) is 13.2 Å². The van der Waals surface area contributed by atoms with Gasteiger partial charge in [-0.2, -0.15) is 13.2 Å². The lowest BCUT2D eigenvalue weighted by Gasteiger charge is -2.26. The molecule has 0 saturated heterocycles. The third-order valence-electron chi connectivity index (χ3n) is 3.38. The molecule has 0 bridgehead atoms. The summed E-state index contributed by atoms with van der Waals surface area (Å²) >= 11 is 0. The van der Waals surface area contributed by atoms with Crippen LogP contribution >= 0.6 is 0 Å². The van der Waals surface area contributed by atoms with Crippen LogP contribution in [0.25, 0.3) is 10.8 Å². The molecule has 0 aliphatic carbocycles. The molecule has 3 nitrogen and oxygen atoms in total. The van der Waals surface area contributed by atoms with E-state index in [0.717, 1.165) is 16.3 Å². The highest BCUT2D eigenvalue weighted by Crippen LogP contribution is 2.28. The molecular formula is C15H15F3N2O. The van der Waals surface area contributed by atoms with Crippen LogP contribution in [0.2, 0.25) is 0 Å². The molecular weight excluding hydrogens is 281 g/mol. The van der Waals surface area contributed by atoms with Gasteiger partial charge in [-0.15, -0.1) is 0 Å². The molecule has 6 heteroatoms. The van der Waals surface area contributed by atoms with Crippen LogP contribution in [0.1, 0.15) is 12.5 Å². The second kappa shape index (κ2) is 5.37. The maximum Gasteiger partial charge on any atom is 0.415 e. The van der Waals surface area contributed by atoms with Crippen LogP contribution < -0.4 is 11.1 Å². The molecule has 0 spiro atoms. The number of alkyl halides is 3. The van der Waals surface area contributed by atoms with Gasteiger partial charge >= 0.3 is 6.18 Å². The summed E-state index contributed by atoms with van der Waals surface area (Å²) in [5.41, 5.74) is 2.91. The Kier molecular flexibility index (Phi) is 3.91. The third kappa shape index (κ3) is 3.00. The fourth-order valence-corrected chi connectivity index (χ4v) is 1.93. The first-order valence-corrected chi connectivity index (χ1v) is 6.34. The van der Waals surface area contributed by atoms with Gasteiger partial charge in [0.25, 0.3) is 0 Å². The SMILES string of the molecule is CC(N)(C(=O)NCc1cccc2ccccc12)C(F)(F)F. The van der Waals surface area contributed by atoms with E-state index in [4.69, 9.17) is 5.73 Å². The van der Waals surface area contributed by atoms with E-state index in [0.29, 0.717) is 6.92 Å². The summed E-state index contributed by atoms with van der Waals surface area (Å²) in [7, 11) is 0. The number of halogens is 3. The molecule has 2 rings (SSSR count). The van der Waals surface area contributed by atoms with E-state index in [2.05, 4.69) is 5.32 Å². The molecule has 112 valence electrons. The minimum absolute atomic E-state index is 0.0109. The van der Waals surface area contributed by atoms with Crippen molar-refractivity contribution in [2.45, 2.75) is 25.2 Å². The summed E-state index contributed by atoms with van der Waals surface area (Å²) in [6.07, 6.45) is -4.80. The monoisotopic (exact) mass is 296 g/mol. The second-order valence-corrected chi connectivity index (χ2v) is 5.02. The standard InChI is InChI=1S/C15H15F3N2O/c1-14(19,15(16,17)18)13(21)20-9-11-7-4-6-10-5-2-3-8-12(10)11/h2-8H,9,19H2,1H3,(H,20,21). The van der Waals surface area contributed by atoms with Crippen molar-refractivity contribution >= 4 is 16.7 Å². The Hall–Kier alpha value is -2.08. The van der Waals surface area contributed by atoms with Gasteiger partial charge in [0.2, 0.25) is 5.91 Å². The number of nitrogens with two attached hydrogens (primary N) is 1. The molecule has 1 amide bonds. The smallest absolute Gasteiger partial charge is 0.350 e. The van der Waals surface area contributed by atoms with Crippen molar-refractivity contribution in [3.8, 4) is 0 Å². The lowest BCUT2D eigenvalue weighted by Crippen LogP contribution is -2.61. The van der Waals surface area contributed by atoms with Crippen LogP contribution in [-0.2, 0) is 11.3 Å². The summed E-state index contributed by atoms with van der Waals surface area (Å²) in [4.78, 5) is 11.7. The molecule has 2 aromatic carbocycles. The zero-order valence-electron chi connectivity index (χ0n) is 11.4. The Balaban J connectivity index is 2.18. The summed E-state index contributed by atoms with van der Waals surface area (Å²) in [5.74, 6) is -1.25. The van der Waals surface area contributed by atoms with Gasteiger partial charge in [-0.3, -0.25) is 4.79 Å². The number of nitrogens with one attached hydrogen (secondary N) is 1. The van der Waals surface area contributed by atoms with Crippen molar-refractivity contribution in [2.75, 3.05) is 0 Å². The maximum atomic E-state index is 12.7. The number of carbonyl (C=O) groups is 1. The fraction of sp³-hybridized carbons (Fsp3) is 0.267. The average molecular weight is 296 g/mol. The lowest BCUT2D eigenvalue weighted by molar-refractivity contribution is -0.187. The van der Waals surface area contributed by atoms with Gasteiger partial charge < -0.3 is 11.1 Å². The molecule has 1 unspecified atom stereocenters. The van der Waals surface area contributed by atoms with Gasteiger partial charge in [0.15, 0.2) is 5.54 Å². The first-order valence-electron chi connectivity index (χ1n) is 6.34. The van der Waals surface area contributed by atoms with Crippen LogP contribution in [0.5, 0.6) is 0 Å². The average Bonchev–Trinajstić information content (AvgIpc) is 2.43. The highest BCUT2D eigenvalue weighted by atomic mass is 19.4. The van der Waals surface area contributed by atoms with Gasteiger partial charge in [0, 0.05) is 6.54 Å². The molecule has 0 aliphatic rings. The number of hydrogen-bond acceptors (Lipinski definition) is 2. The zero-order valence-corrected chi connectivity index (χ0v) is 11.4. The summed E-state index contributed by atoms with van der Waals surface area (Å²) in [6.45, 7) is 0.647. The molecule has 0 radical (unpaired) electrons. The van der Waals surface area contributed by atoms with Gasteiger partial charge in [-0.25, -0.2) is 0 Å². The second-order valence-electron chi connectivity index (χ2n) is 5.02. The number of amides is 1. The Labute approximate surface area is 119 Å². The van der Waals surface area contributed by atoms with Crippen LogP contribution in [0.3, 0.4) is 0 Å². The van der Waals surface area contributed by atoms with E-state index in [1.807, 2.05) is 30.3 Å². The number of rotatable bonds is 3. The first kappa shape index (κ1) is 15.3. The molecule has 0 saturated carbocycles. The maximum absolute atomic E-state index is 12.7. The van der Waals surface area contributed by atoms with E-state index in [1.165, 1.54) is 0 Å². The number of benzene rings is 2. The Morgan fingerprint density at radius 1 is 1.14 bits per heavy atom. The summed E-state index contributed by atoms with van der Waals surface area (Å²) in [6, 6.07) is 12.9. The fourth-order valence-electron chi connectivity index (χ4n) is 1.93. The van der Waals surface area contributed by atoms with E-state index in [1.54, 1.807) is 12.1 Å². The van der Waals surface area contributed by atoms with E-state index >= 15 is 0 Å². The van der Waals surface area contributed by atoms with E-state index in [-0.39, 0.29) is 6.54 Å². The molecule has 0 fully saturated rings. The highest BCUT2D eigenvalue weighted by molar-refractivity contribution is 5.88.